The second kappa shape index (κ2) is 9.02. The van der Waals surface area contributed by atoms with Crippen LogP contribution in [0.5, 0.6) is 0 Å². The molecule has 4 aromatic rings. The second-order valence-electron chi connectivity index (χ2n) is 8.76. The molecule has 4 heterocycles. The first-order valence-electron chi connectivity index (χ1n) is 11.4. The third-order valence-corrected chi connectivity index (χ3v) is 6.27. The number of para-hydroxylation sites is 2. The summed E-state index contributed by atoms with van der Waals surface area (Å²) in [6.07, 6.45) is 5.54. The zero-order chi connectivity index (χ0) is 22.8. The van der Waals surface area contributed by atoms with Gasteiger partial charge in [-0.15, -0.1) is 0 Å². The number of amides is 1. The minimum atomic E-state index is 0.123. The van der Waals surface area contributed by atoms with Crippen molar-refractivity contribution in [2.75, 3.05) is 18.4 Å². The number of aryl methyl sites for hydroxylation is 2. The number of carbonyl (C=O) groups is 1. The average Bonchev–Trinajstić information content (AvgIpc) is 3.23. The number of pyridine rings is 2. The minimum absolute atomic E-state index is 0.123. The van der Waals surface area contributed by atoms with Gasteiger partial charge in [-0.05, 0) is 62.6 Å². The minimum Gasteiger partial charge on any atom is -0.340 e. The van der Waals surface area contributed by atoms with Gasteiger partial charge in [-0.3, -0.25) is 9.78 Å². The molecule has 0 saturated carbocycles. The van der Waals surface area contributed by atoms with E-state index in [9.17, 15) is 4.79 Å². The van der Waals surface area contributed by atoms with E-state index in [-0.39, 0.29) is 11.8 Å². The summed E-state index contributed by atoms with van der Waals surface area (Å²) in [5, 5.41) is 3.43. The molecule has 33 heavy (non-hydrogen) atoms. The number of anilines is 2. The highest BCUT2D eigenvalue weighted by Gasteiger charge is 2.26. The van der Waals surface area contributed by atoms with Crippen molar-refractivity contribution in [1.29, 1.82) is 0 Å². The SMILES string of the molecule is Cc1cc(Nc2ncccc2C)cc([C@@H]2CCCN(C(=O)Cn3cnc4ccccc43)C2)n1. The number of piperidine rings is 1. The molecule has 3 aromatic heterocycles. The quantitative estimate of drug-likeness (QED) is 0.491. The summed E-state index contributed by atoms with van der Waals surface area (Å²) in [4.78, 5) is 28.8. The molecule has 0 unspecified atom stereocenters. The topological polar surface area (TPSA) is 75.9 Å². The summed E-state index contributed by atoms with van der Waals surface area (Å²) >= 11 is 0. The monoisotopic (exact) mass is 440 g/mol. The highest BCUT2D eigenvalue weighted by Crippen LogP contribution is 2.29. The Kier molecular flexibility index (Phi) is 5.77. The van der Waals surface area contributed by atoms with Gasteiger partial charge < -0.3 is 14.8 Å². The summed E-state index contributed by atoms with van der Waals surface area (Å²) in [5.41, 5.74) is 5.95. The molecular weight excluding hydrogens is 412 g/mol. The van der Waals surface area contributed by atoms with Crippen LogP contribution < -0.4 is 5.32 Å². The van der Waals surface area contributed by atoms with E-state index in [1.54, 1.807) is 12.5 Å². The maximum absolute atomic E-state index is 13.1. The molecule has 1 fully saturated rings. The van der Waals surface area contributed by atoms with Crippen LogP contribution in [-0.2, 0) is 11.3 Å². The van der Waals surface area contributed by atoms with Crippen LogP contribution >= 0.6 is 0 Å². The zero-order valence-electron chi connectivity index (χ0n) is 19.0. The molecule has 1 amide bonds. The summed E-state index contributed by atoms with van der Waals surface area (Å²) in [7, 11) is 0. The predicted molar refractivity (Wildman–Crippen MR) is 130 cm³/mol. The fraction of sp³-hybridized carbons (Fsp3) is 0.308. The maximum atomic E-state index is 13.1. The molecule has 0 bridgehead atoms. The number of fused-ring (bicyclic) bond motifs is 1. The number of nitrogens with one attached hydrogen (secondary N) is 1. The van der Waals surface area contributed by atoms with E-state index in [0.29, 0.717) is 13.1 Å². The van der Waals surface area contributed by atoms with Crippen LogP contribution in [0.2, 0.25) is 0 Å². The Bertz CT molecular complexity index is 1300. The number of rotatable bonds is 5. The fourth-order valence-electron chi connectivity index (χ4n) is 4.56. The number of likely N-dealkylation sites (tertiary alicyclic amines) is 1. The summed E-state index contributed by atoms with van der Waals surface area (Å²) in [5.74, 6) is 1.19. The van der Waals surface area contributed by atoms with Gasteiger partial charge in [0.2, 0.25) is 5.91 Å². The first-order valence-corrected chi connectivity index (χ1v) is 11.4. The van der Waals surface area contributed by atoms with Crippen LogP contribution in [0.15, 0.2) is 61.1 Å². The van der Waals surface area contributed by atoms with E-state index in [0.717, 1.165) is 58.9 Å². The van der Waals surface area contributed by atoms with Gasteiger partial charge in [0.05, 0.1) is 17.4 Å². The van der Waals surface area contributed by atoms with Crippen molar-refractivity contribution in [2.24, 2.45) is 0 Å². The van der Waals surface area contributed by atoms with Gasteiger partial charge in [-0.1, -0.05) is 18.2 Å². The van der Waals surface area contributed by atoms with Crippen molar-refractivity contribution in [3.63, 3.8) is 0 Å². The van der Waals surface area contributed by atoms with E-state index >= 15 is 0 Å². The largest absolute Gasteiger partial charge is 0.340 e. The molecule has 1 N–H and O–H groups in total. The Morgan fingerprint density at radius 3 is 2.88 bits per heavy atom. The zero-order valence-corrected chi connectivity index (χ0v) is 19.0. The Balaban J connectivity index is 1.31. The number of hydrogen-bond donors (Lipinski definition) is 1. The molecule has 7 heteroatoms. The number of nitrogens with zero attached hydrogens (tertiary/aromatic N) is 5. The van der Waals surface area contributed by atoms with E-state index < -0.39 is 0 Å². The predicted octanol–water partition coefficient (Wildman–Crippen LogP) is 4.59. The first kappa shape index (κ1) is 21.1. The van der Waals surface area contributed by atoms with Gasteiger partial charge >= 0.3 is 0 Å². The maximum Gasteiger partial charge on any atom is 0.242 e. The Labute approximate surface area is 193 Å². The molecule has 1 aromatic carbocycles. The normalized spacial score (nSPS) is 16.2. The lowest BCUT2D eigenvalue weighted by molar-refractivity contribution is -0.133. The lowest BCUT2D eigenvalue weighted by Crippen LogP contribution is -2.41. The molecule has 1 aliphatic rings. The molecule has 0 spiro atoms. The number of imidazole rings is 1. The lowest BCUT2D eigenvalue weighted by Gasteiger charge is -2.33. The first-order chi connectivity index (χ1) is 16.1. The van der Waals surface area contributed by atoms with Gasteiger partial charge in [0.15, 0.2) is 0 Å². The van der Waals surface area contributed by atoms with Gasteiger partial charge in [-0.2, -0.15) is 0 Å². The van der Waals surface area contributed by atoms with E-state index in [2.05, 4.69) is 21.4 Å². The number of hydrogen-bond acceptors (Lipinski definition) is 5. The van der Waals surface area contributed by atoms with Gasteiger partial charge in [0, 0.05) is 42.3 Å². The summed E-state index contributed by atoms with van der Waals surface area (Å²) < 4.78 is 1.93. The van der Waals surface area contributed by atoms with Crippen molar-refractivity contribution in [2.45, 2.75) is 39.2 Å². The fourth-order valence-corrected chi connectivity index (χ4v) is 4.56. The van der Waals surface area contributed by atoms with Crippen molar-refractivity contribution >= 4 is 28.4 Å². The summed E-state index contributed by atoms with van der Waals surface area (Å²) in [6, 6.07) is 16.0. The Hall–Kier alpha value is -3.74. The molecule has 0 radical (unpaired) electrons. The third-order valence-electron chi connectivity index (χ3n) is 6.27. The van der Waals surface area contributed by atoms with Gasteiger partial charge in [0.1, 0.15) is 12.4 Å². The average molecular weight is 441 g/mol. The van der Waals surface area contributed by atoms with Crippen LogP contribution in [-0.4, -0.2) is 43.4 Å². The molecule has 0 aliphatic carbocycles. The van der Waals surface area contributed by atoms with Crippen molar-refractivity contribution in [1.82, 2.24) is 24.4 Å². The van der Waals surface area contributed by atoms with E-state index in [1.807, 2.05) is 65.8 Å². The molecule has 1 atom stereocenters. The lowest BCUT2D eigenvalue weighted by atomic mass is 9.93. The molecule has 1 saturated heterocycles. The highest BCUT2D eigenvalue weighted by molar-refractivity contribution is 5.80. The Morgan fingerprint density at radius 1 is 1.12 bits per heavy atom. The number of carbonyl (C=O) groups excluding carboxylic acids is 1. The number of benzene rings is 1. The van der Waals surface area contributed by atoms with E-state index in [4.69, 9.17) is 4.98 Å². The molecule has 7 nitrogen and oxygen atoms in total. The Morgan fingerprint density at radius 2 is 2.00 bits per heavy atom. The van der Waals surface area contributed by atoms with Crippen LogP contribution in [0.3, 0.4) is 0 Å². The third kappa shape index (κ3) is 4.58. The van der Waals surface area contributed by atoms with Gasteiger partial charge in [0.25, 0.3) is 0 Å². The van der Waals surface area contributed by atoms with Crippen LogP contribution in [0.1, 0.15) is 35.7 Å². The molecule has 5 rings (SSSR count). The van der Waals surface area contributed by atoms with E-state index in [1.165, 1.54) is 0 Å². The standard InChI is InChI=1S/C26H28N6O/c1-18-7-5-11-27-26(18)30-21-13-19(2)29-23(14-21)20-8-6-12-31(15-20)25(33)16-32-17-28-22-9-3-4-10-24(22)32/h3-5,7,9-11,13-14,17,20H,6,8,12,15-16H2,1-2H3,(H,27,29,30)/t20-/m1/s1. The smallest absolute Gasteiger partial charge is 0.242 e. The summed E-state index contributed by atoms with van der Waals surface area (Å²) in [6.45, 7) is 5.82. The molecular formula is C26H28N6O. The molecule has 1 aliphatic heterocycles. The van der Waals surface area contributed by atoms with Gasteiger partial charge in [-0.25, -0.2) is 9.97 Å². The van der Waals surface area contributed by atoms with Crippen molar-refractivity contribution in [3.05, 3.63) is 78.0 Å². The van der Waals surface area contributed by atoms with Crippen LogP contribution in [0, 0.1) is 13.8 Å². The van der Waals surface area contributed by atoms with Crippen LogP contribution in [0.25, 0.3) is 11.0 Å². The number of aromatic nitrogens is 4. The second-order valence-corrected chi connectivity index (χ2v) is 8.76. The van der Waals surface area contributed by atoms with Crippen LogP contribution in [0.4, 0.5) is 11.5 Å². The van der Waals surface area contributed by atoms with Crippen molar-refractivity contribution < 1.29 is 4.79 Å². The van der Waals surface area contributed by atoms with Crippen molar-refractivity contribution in [3.8, 4) is 0 Å². The highest BCUT2D eigenvalue weighted by atomic mass is 16.2. The molecule has 168 valence electrons.